The van der Waals surface area contributed by atoms with Gasteiger partial charge in [0.05, 0.1) is 0 Å². The van der Waals surface area contributed by atoms with Crippen LogP contribution in [0.5, 0.6) is 0 Å². The largest absolute Gasteiger partial charge is 0.301 e. The van der Waals surface area contributed by atoms with Gasteiger partial charge >= 0.3 is 0 Å². The Hall–Kier alpha value is -0.920. The van der Waals surface area contributed by atoms with E-state index in [0.717, 1.165) is 14.6 Å². The third kappa shape index (κ3) is 4.08. The quantitative estimate of drug-likeness (QED) is 0.681. The summed E-state index contributed by atoms with van der Waals surface area (Å²) >= 11 is 6.39. The Labute approximate surface area is 121 Å². The minimum absolute atomic E-state index is 0.129. The highest BCUT2D eigenvalue weighted by molar-refractivity contribution is 9.10. The van der Waals surface area contributed by atoms with E-state index >= 15 is 0 Å². The number of aromatic nitrogens is 2. The lowest BCUT2D eigenvalue weighted by molar-refractivity contribution is -0.114. The van der Waals surface area contributed by atoms with E-state index in [-0.39, 0.29) is 5.91 Å². The summed E-state index contributed by atoms with van der Waals surface area (Å²) in [5.74, 6) is 0.706. The molecule has 94 valence electrons. The summed E-state index contributed by atoms with van der Waals surface area (Å²) in [6, 6.07) is 8.15. The second-order valence-electron chi connectivity index (χ2n) is 3.47. The number of thioether (sulfide) groups is 1. The number of nitrogens with zero attached hydrogens (tertiary/aromatic N) is 2. The number of rotatable bonds is 4. The van der Waals surface area contributed by atoms with Gasteiger partial charge < -0.3 is 5.32 Å². The van der Waals surface area contributed by atoms with E-state index in [0.29, 0.717) is 5.13 Å². The lowest BCUT2D eigenvalue weighted by atomic mass is 10.2. The topological polar surface area (TPSA) is 54.9 Å². The normalized spacial score (nSPS) is 10.3. The molecule has 2 rings (SSSR count). The Kier molecular flexibility index (Phi) is 4.73. The molecule has 1 N–H and O–H groups in total. The van der Waals surface area contributed by atoms with Gasteiger partial charge in [-0.25, -0.2) is 0 Å². The number of hydrogen-bond acceptors (Lipinski definition) is 5. The summed E-state index contributed by atoms with van der Waals surface area (Å²) in [6.07, 6.45) is 0. The van der Waals surface area contributed by atoms with Crippen LogP contribution >= 0.6 is 39.0 Å². The Morgan fingerprint density at radius 1 is 1.39 bits per heavy atom. The fourth-order valence-corrected chi connectivity index (χ4v) is 3.21. The second kappa shape index (κ2) is 6.31. The number of carbonyl (C=O) groups is 1. The zero-order valence-corrected chi connectivity index (χ0v) is 12.7. The molecule has 1 heterocycles. The molecule has 0 atom stereocenters. The minimum atomic E-state index is -0.129. The first kappa shape index (κ1) is 13.5. The van der Waals surface area contributed by atoms with Crippen LogP contribution in [0, 0.1) is 0 Å². The molecule has 0 aliphatic rings. The van der Waals surface area contributed by atoms with Crippen LogP contribution in [0.2, 0.25) is 0 Å². The van der Waals surface area contributed by atoms with Gasteiger partial charge in [-0.05, 0) is 17.7 Å². The maximum atomic E-state index is 10.9. The van der Waals surface area contributed by atoms with Crippen molar-refractivity contribution < 1.29 is 4.79 Å². The zero-order chi connectivity index (χ0) is 13.0. The summed E-state index contributed by atoms with van der Waals surface area (Å²) in [6.45, 7) is 1.45. The van der Waals surface area contributed by atoms with E-state index in [1.54, 1.807) is 11.8 Å². The first-order valence-corrected chi connectivity index (χ1v) is 7.71. The number of amides is 1. The Balaban J connectivity index is 1.92. The molecule has 0 fully saturated rings. The number of benzene rings is 1. The maximum Gasteiger partial charge on any atom is 0.223 e. The highest BCUT2D eigenvalue weighted by atomic mass is 79.9. The zero-order valence-electron chi connectivity index (χ0n) is 9.51. The third-order valence-corrected chi connectivity index (χ3v) is 4.54. The standard InChI is InChI=1S/C11H10BrN3OS2/c1-7(16)13-10-14-15-11(18-10)17-6-8-2-4-9(12)5-3-8/h2-5H,6H2,1H3,(H,13,14,16). The average molecular weight is 344 g/mol. The lowest BCUT2D eigenvalue weighted by Crippen LogP contribution is -2.04. The molecule has 0 aliphatic heterocycles. The van der Waals surface area contributed by atoms with Crippen molar-refractivity contribution in [3.8, 4) is 0 Å². The van der Waals surface area contributed by atoms with Crippen LogP contribution in [0.1, 0.15) is 12.5 Å². The smallest absolute Gasteiger partial charge is 0.223 e. The summed E-state index contributed by atoms with van der Waals surface area (Å²) in [5, 5.41) is 11.1. The SMILES string of the molecule is CC(=O)Nc1nnc(SCc2ccc(Br)cc2)s1. The van der Waals surface area contributed by atoms with Crippen LogP contribution in [-0.2, 0) is 10.5 Å². The molecule has 7 heteroatoms. The fraction of sp³-hybridized carbons (Fsp3) is 0.182. The van der Waals surface area contributed by atoms with Gasteiger partial charge in [-0.15, -0.1) is 10.2 Å². The number of carbonyl (C=O) groups excluding carboxylic acids is 1. The molecule has 0 spiro atoms. The third-order valence-electron chi connectivity index (χ3n) is 1.96. The molecule has 0 saturated heterocycles. The highest BCUT2D eigenvalue weighted by Gasteiger charge is 2.06. The molecule has 4 nitrogen and oxygen atoms in total. The number of nitrogens with one attached hydrogen (secondary N) is 1. The van der Waals surface area contributed by atoms with E-state index in [9.17, 15) is 4.79 Å². The Morgan fingerprint density at radius 2 is 2.11 bits per heavy atom. The molecule has 2 aromatic rings. The van der Waals surface area contributed by atoms with Crippen LogP contribution < -0.4 is 5.32 Å². The number of hydrogen-bond donors (Lipinski definition) is 1. The van der Waals surface area contributed by atoms with Crippen molar-refractivity contribution in [1.82, 2.24) is 10.2 Å². The molecule has 1 aromatic carbocycles. The monoisotopic (exact) mass is 343 g/mol. The summed E-state index contributed by atoms with van der Waals surface area (Å²) < 4.78 is 1.92. The summed E-state index contributed by atoms with van der Waals surface area (Å²) in [7, 11) is 0. The van der Waals surface area contributed by atoms with Crippen LogP contribution in [0.15, 0.2) is 33.1 Å². The number of anilines is 1. The molecule has 18 heavy (non-hydrogen) atoms. The fourth-order valence-electron chi connectivity index (χ4n) is 1.19. The first-order chi connectivity index (χ1) is 8.63. The Morgan fingerprint density at radius 3 is 2.78 bits per heavy atom. The second-order valence-corrected chi connectivity index (χ2v) is 6.59. The van der Waals surface area contributed by atoms with Gasteiger partial charge in [-0.1, -0.05) is 51.2 Å². The molecule has 1 amide bonds. The Bertz CT molecular complexity index is 541. The molecular formula is C11H10BrN3OS2. The van der Waals surface area contributed by atoms with Crippen molar-refractivity contribution in [2.75, 3.05) is 5.32 Å². The predicted octanol–water partition coefficient (Wildman–Crippen LogP) is 3.55. The van der Waals surface area contributed by atoms with Gasteiger partial charge in [0.1, 0.15) is 0 Å². The van der Waals surface area contributed by atoms with Crippen LogP contribution in [0.4, 0.5) is 5.13 Å². The summed E-state index contributed by atoms with van der Waals surface area (Å²) in [4.78, 5) is 10.9. The van der Waals surface area contributed by atoms with Gasteiger partial charge in [-0.3, -0.25) is 4.79 Å². The van der Waals surface area contributed by atoms with Crippen molar-refractivity contribution >= 4 is 50.1 Å². The summed E-state index contributed by atoms with van der Waals surface area (Å²) in [5.41, 5.74) is 1.22. The van der Waals surface area contributed by atoms with Gasteiger partial charge in [-0.2, -0.15) is 0 Å². The van der Waals surface area contributed by atoms with E-state index in [1.807, 2.05) is 12.1 Å². The van der Waals surface area contributed by atoms with Gasteiger partial charge in [0.2, 0.25) is 11.0 Å². The molecule has 0 radical (unpaired) electrons. The van der Waals surface area contributed by atoms with Crippen LogP contribution in [0.25, 0.3) is 0 Å². The minimum Gasteiger partial charge on any atom is -0.301 e. The van der Waals surface area contributed by atoms with Crippen molar-refractivity contribution in [3.63, 3.8) is 0 Å². The van der Waals surface area contributed by atoms with Crippen molar-refractivity contribution in [3.05, 3.63) is 34.3 Å². The average Bonchev–Trinajstić information content (AvgIpc) is 2.75. The molecule has 0 bridgehead atoms. The van der Waals surface area contributed by atoms with Crippen LogP contribution in [-0.4, -0.2) is 16.1 Å². The van der Waals surface area contributed by atoms with Gasteiger partial charge in [0, 0.05) is 17.1 Å². The number of halogens is 1. The van der Waals surface area contributed by atoms with Crippen molar-refractivity contribution in [1.29, 1.82) is 0 Å². The molecular weight excluding hydrogens is 334 g/mol. The van der Waals surface area contributed by atoms with E-state index in [4.69, 9.17) is 0 Å². The van der Waals surface area contributed by atoms with E-state index in [2.05, 4.69) is 43.6 Å². The van der Waals surface area contributed by atoms with Crippen molar-refractivity contribution in [2.24, 2.45) is 0 Å². The molecule has 0 saturated carbocycles. The molecule has 1 aromatic heterocycles. The lowest BCUT2D eigenvalue weighted by Gasteiger charge is -1.98. The van der Waals surface area contributed by atoms with Crippen molar-refractivity contribution in [2.45, 2.75) is 17.0 Å². The van der Waals surface area contributed by atoms with E-state index < -0.39 is 0 Å². The molecule has 0 aliphatic carbocycles. The van der Waals surface area contributed by atoms with E-state index in [1.165, 1.54) is 23.8 Å². The first-order valence-electron chi connectivity index (χ1n) is 5.12. The molecule has 0 unspecified atom stereocenters. The van der Waals surface area contributed by atoms with Gasteiger partial charge in [0.15, 0.2) is 4.34 Å². The highest BCUT2D eigenvalue weighted by Crippen LogP contribution is 2.28. The predicted molar refractivity (Wildman–Crippen MR) is 77.9 cm³/mol. The van der Waals surface area contributed by atoms with Crippen LogP contribution in [0.3, 0.4) is 0 Å². The maximum absolute atomic E-state index is 10.9. The van der Waals surface area contributed by atoms with Gasteiger partial charge in [0.25, 0.3) is 0 Å².